The zero-order valence-corrected chi connectivity index (χ0v) is 11.7. The number of hydrogen-bond donors (Lipinski definition) is 2. The van der Waals surface area contributed by atoms with Crippen molar-refractivity contribution < 1.29 is 9.84 Å². The normalized spacial score (nSPS) is 18.0. The Bertz CT molecular complexity index is 361. The molecule has 0 saturated heterocycles. The highest BCUT2D eigenvalue weighted by molar-refractivity contribution is 5.03. The highest BCUT2D eigenvalue weighted by Crippen LogP contribution is 2.20. The molecule has 1 saturated carbocycles. The van der Waals surface area contributed by atoms with Crippen LogP contribution in [-0.2, 0) is 18.2 Å². The molecule has 1 aliphatic carbocycles. The smallest absolute Gasteiger partial charge is 0.0897 e. The summed E-state index contributed by atoms with van der Waals surface area (Å²) in [4.78, 5) is 0. The highest BCUT2D eigenvalue weighted by atomic mass is 16.5. The minimum Gasteiger partial charge on any atom is -0.389 e. The number of aliphatic hydroxyl groups is 1. The summed E-state index contributed by atoms with van der Waals surface area (Å²) < 4.78 is 7.49. The van der Waals surface area contributed by atoms with Crippen molar-refractivity contribution in [1.29, 1.82) is 0 Å². The first-order valence-electron chi connectivity index (χ1n) is 7.22. The van der Waals surface area contributed by atoms with Crippen molar-refractivity contribution >= 4 is 0 Å². The second-order valence-corrected chi connectivity index (χ2v) is 5.37. The second kappa shape index (κ2) is 7.62. The van der Waals surface area contributed by atoms with Gasteiger partial charge in [-0.2, -0.15) is 5.10 Å². The van der Waals surface area contributed by atoms with Gasteiger partial charge in [0, 0.05) is 19.8 Å². The molecule has 0 aliphatic heterocycles. The van der Waals surface area contributed by atoms with Crippen LogP contribution in [0.4, 0.5) is 0 Å². The molecule has 0 bridgehead atoms. The molecular formula is C14H25N3O2. The molecule has 1 atom stereocenters. The highest BCUT2D eigenvalue weighted by Gasteiger charge is 2.16. The molecule has 1 aromatic rings. The molecule has 1 aromatic heterocycles. The number of rotatable bonds is 8. The van der Waals surface area contributed by atoms with Gasteiger partial charge in [-0.15, -0.1) is 0 Å². The van der Waals surface area contributed by atoms with Crippen LogP contribution in [0.25, 0.3) is 0 Å². The zero-order valence-electron chi connectivity index (χ0n) is 11.7. The van der Waals surface area contributed by atoms with Gasteiger partial charge in [-0.1, -0.05) is 12.8 Å². The molecular weight excluding hydrogens is 242 g/mol. The first-order valence-corrected chi connectivity index (χ1v) is 7.22. The molecule has 5 heteroatoms. The van der Waals surface area contributed by atoms with E-state index >= 15 is 0 Å². The predicted molar refractivity (Wildman–Crippen MR) is 74.0 cm³/mol. The van der Waals surface area contributed by atoms with E-state index in [1.165, 1.54) is 18.4 Å². The summed E-state index contributed by atoms with van der Waals surface area (Å²) >= 11 is 0. The van der Waals surface area contributed by atoms with Crippen LogP contribution in [0.5, 0.6) is 0 Å². The summed E-state index contributed by atoms with van der Waals surface area (Å²) in [6, 6.07) is 0. The van der Waals surface area contributed by atoms with Crippen molar-refractivity contribution in [2.24, 2.45) is 7.05 Å². The number of ether oxygens (including phenoxy) is 1. The van der Waals surface area contributed by atoms with E-state index in [2.05, 4.69) is 10.4 Å². The van der Waals surface area contributed by atoms with Gasteiger partial charge in [0.25, 0.3) is 0 Å². The third kappa shape index (κ3) is 5.30. The maximum atomic E-state index is 9.81. The first kappa shape index (κ1) is 14.5. The van der Waals surface area contributed by atoms with Gasteiger partial charge in [0.15, 0.2) is 0 Å². The van der Waals surface area contributed by atoms with Gasteiger partial charge in [-0.05, 0) is 31.4 Å². The number of hydrogen-bond acceptors (Lipinski definition) is 4. The van der Waals surface area contributed by atoms with Crippen LogP contribution < -0.4 is 5.32 Å². The Morgan fingerprint density at radius 3 is 3.00 bits per heavy atom. The Morgan fingerprint density at radius 2 is 2.32 bits per heavy atom. The van der Waals surface area contributed by atoms with E-state index in [0.717, 1.165) is 25.8 Å². The lowest BCUT2D eigenvalue weighted by molar-refractivity contribution is -0.00530. The maximum absolute atomic E-state index is 9.81. The number of aryl methyl sites for hydroxylation is 1. The molecule has 5 nitrogen and oxygen atoms in total. The second-order valence-electron chi connectivity index (χ2n) is 5.37. The summed E-state index contributed by atoms with van der Waals surface area (Å²) in [7, 11) is 1.92. The minimum absolute atomic E-state index is 0.380. The molecule has 0 amide bonds. The van der Waals surface area contributed by atoms with E-state index in [-0.39, 0.29) is 0 Å². The lowest BCUT2D eigenvalue weighted by Crippen LogP contribution is -2.32. The standard InChI is InChI=1S/C14H25N3O2/c1-17-10-12(8-16-17)6-7-15-9-13(18)11-19-14-4-2-3-5-14/h8,10,13-15,18H,2-7,9,11H2,1H3. The first-order chi connectivity index (χ1) is 9.24. The molecule has 2 rings (SSSR count). The quantitative estimate of drug-likeness (QED) is 0.686. The molecule has 1 aliphatic rings. The average molecular weight is 267 g/mol. The largest absolute Gasteiger partial charge is 0.389 e. The number of nitrogens with zero attached hydrogens (tertiary/aromatic N) is 2. The third-order valence-electron chi connectivity index (χ3n) is 3.56. The van der Waals surface area contributed by atoms with E-state index in [1.807, 2.05) is 19.4 Å². The van der Waals surface area contributed by atoms with Crippen LogP contribution in [0, 0.1) is 0 Å². The van der Waals surface area contributed by atoms with Gasteiger partial charge in [0.05, 0.1) is 25.0 Å². The Hall–Kier alpha value is -0.910. The van der Waals surface area contributed by atoms with E-state index in [0.29, 0.717) is 19.3 Å². The average Bonchev–Trinajstić information content (AvgIpc) is 3.04. The summed E-state index contributed by atoms with van der Waals surface area (Å²) in [5, 5.41) is 17.2. The fourth-order valence-corrected chi connectivity index (χ4v) is 2.46. The van der Waals surface area contributed by atoms with E-state index in [4.69, 9.17) is 4.74 Å². The van der Waals surface area contributed by atoms with Crippen molar-refractivity contribution in [2.75, 3.05) is 19.7 Å². The van der Waals surface area contributed by atoms with Crippen LogP contribution in [0.2, 0.25) is 0 Å². The van der Waals surface area contributed by atoms with Gasteiger partial charge < -0.3 is 15.2 Å². The molecule has 1 fully saturated rings. The monoisotopic (exact) mass is 267 g/mol. The Morgan fingerprint density at radius 1 is 1.53 bits per heavy atom. The van der Waals surface area contributed by atoms with Gasteiger partial charge in [-0.25, -0.2) is 0 Å². The fraction of sp³-hybridized carbons (Fsp3) is 0.786. The number of nitrogens with one attached hydrogen (secondary N) is 1. The Kier molecular flexibility index (Phi) is 5.82. The van der Waals surface area contributed by atoms with Crippen molar-refractivity contribution in [2.45, 2.75) is 44.3 Å². The summed E-state index contributed by atoms with van der Waals surface area (Å²) in [6.07, 6.45) is 9.64. The zero-order chi connectivity index (χ0) is 13.5. The van der Waals surface area contributed by atoms with Gasteiger partial charge in [0.2, 0.25) is 0 Å². The van der Waals surface area contributed by atoms with Crippen molar-refractivity contribution in [3.05, 3.63) is 18.0 Å². The molecule has 19 heavy (non-hydrogen) atoms. The minimum atomic E-state index is -0.408. The van der Waals surface area contributed by atoms with E-state index in [1.54, 1.807) is 4.68 Å². The van der Waals surface area contributed by atoms with Crippen LogP contribution >= 0.6 is 0 Å². The van der Waals surface area contributed by atoms with Crippen LogP contribution in [0.1, 0.15) is 31.2 Å². The predicted octanol–water partition coefficient (Wildman–Crippen LogP) is 0.872. The molecule has 108 valence electrons. The van der Waals surface area contributed by atoms with Crippen molar-refractivity contribution in [3.63, 3.8) is 0 Å². The molecule has 0 aromatic carbocycles. The van der Waals surface area contributed by atoms with Gasteiger partial charge in [0.1, 0.15) is 0 Å². The SMILES string of the molecule is Cn1cc(CCNCC(O)COC2CCCC2)cn1. The third-order valence-corrected chi connectivity index (χ3v) is 3.56. The fourth-order valence-electron chi connectivity index (χ4n) is 2.46. The summed E-state index contributed by atoms with van der Waals surface area (Å²) in [5.41, 5.74) is 1.21. The van der Waals surface area contributed by atoms with Crippen LogP contribution in [-0.4, -0.2) is 46.8 Å². The Balaban J connectivity index is 1.50. The van der Waals surface area contributed by atoms with E-state index < -0.39 is 6.10 Å². The van der Waals surface area contributed by atoms with Crippen LogP contribution in [0.15, 0.2) is 12.4 Å². The van der Waals surface area contributed by atoms with Crippen molar-refractivity contribution in [3.8, 4) is 0 Å². The lowest BCUT2D eigenvalue weighted by atomic mass is 10.2. The number of aliphatic hydroxyl groups excluding tert-OH is 1. The van der Waals surface area contributed by atoms with E-state index in [9.17, 15) is 5.11 Å². The Labute approximate surface area is 115 Å². The van der Waals surface area contributed by atoms with Gasteiger partial charge >= 0.3 is 0 Å². The molecule has 0 radical (unpaired) electrons. The maximum Gasteiger partial charge on any atom is 0.0897 e. The summed E-state index contributed by atoms with van der Waals surface area (Å²) in [6.45, 7) is 1.89. The molecule has 2 N–H and O–H groups in total. The topological polar surface area (TPSA) is 59.3 Å². The van der Waals surface area contributed by atoms with Gasteiger partial charge in [-0.3, -0.25) is 4.68 Å². The van der Waals surface area contributed by atoms with Crippen LogP contribution in [0.3, 0.4) is 0 Å². The molecule has 0 spiro atoms. The molecule has 1 heterocycles. The summed E-state index contributed by atoms with van der Waals surface area (Å²) in [5.74, 6) is 0. The number of aromatic nitrogens is 2. The molecule has 1 unspecified atom stereocenters. The lowest BCUT2D eigenvalue weighted by Gasteiger charge is -2.15. The van der Waals surface area contributed by atoms with Crippen molar-refractivity contribution in [1.82, 2.24) is 15.1 Å².